The first-order valence-electron chi connectivity index (χ1n) is 12.0. The molecule has 1 aliphatic rings. The fourth-order valence-corrected chi connectivity index (χ4v) is 4.96. The number of benzene rings is 3. The van der Waals surface area contributed by atoms with E-state index in [0.29, 0.717) is 13.0 Å². The second-order valence-corrected chi connectivity index (χ2v) is 10.1. The molecule has 1 aliphatic heterocycles. The molecule has 3 aromatic carbocycles. The number of nitrogens with zero attached hydrogens (tertiary/aromatic N) is 2. The predicted molar refractivity (Wildman–Crippen MR) is 136 cm³/mol. The number of hydrogen-bond donors (Lipinski definition) is 1. The molecule has 0 spiro atoms. The van der Waals surface area contributed by atoms with Crippen LogP contribution in [0.4, 0.5) is 0 Å². The SMILES string of the molecule is CCc1ccc(CCN2C(=O)CN(C(C)(C)C)C(C(=O)O)C2c2ccc3ccccc3c2)cc1. The molecule has 4 rings (SSSR count). The molecule has 34 heavy (non-hydrogen) atoms. The van der Waals surface area contributed by atoms with Crippen molar-refractivity contribution in [1.82, 2.24) is 9.80 Å². The average Bonchev–Trinajstić information content (AvgIpc) is 2.81. The third-order valence-electron chi connectivity index (χ3n) is 6.90. The van der Waals surface area contributed by atoms with Gasteiger partial charge in [0.1, 0.15) is 6.04 Å². The van der Waals surface area contributed by atoms with Gasteiger partial charge in [0.25, 0.3) is 0 Å². The molecular formula is C29H34N2O3. The molecule has 0 bridgehead atoms. The summed E-state index contributed by atoms with van der Waals surface area (Å²) in [6.45, 7) is 8.61. The van der Waals surface area contributed by atoms with Crippen LogP contribution in [0.5, 0.6) is 0 Å². The normalized spacial score (nSPS) is 19.5. The van der Waals surface area contributed by atoms with Gasteiger partial charge in [-0.3, -0.25) is 14.5 Å². The highest BCUT2D eigenvalue weighted by Crippen LogP contribution is 2.37. The molecule has 1 heterocycles. The predicted octanol–water partition coefficient (Wildman–Crippen LogP) is 5.08. The number of rotatable bonds is 6. The molecule has 5 heteroatoms. The summed E-state index contributed by atoms with van der Waals surface area (Å²) >= 11 is 0. The molecule has 2 unspecified atom stereocenters. The summed E-state index contributed by atoms with van der Waals surface area (Å²) in [5.74, 6) is -0.936. The molecule has 2 atom stereocenters. The summed E-state index contributed by atoms with van der Waals surface area (Å²) in [4.78, 5) is 29.8. The maximum Gasteiger partial charge on any atom is 0.323 e. The molecule has 1 N–H and O–H groups in total. The van der Waals surface area contributed by atoms with E-state index < -0.39 is 23.6 Å². The fourth-order valence-electron chi connectivity index (χ4n) is 4.96. The lowest BCUT2D eigenvalue weighted by Crippen LogP contribution is -2.65. The van der Waals surface area contributed by atoms with Crippen LogP contribution in [0, 0.1) is 0 Å². The maximum absolute atomic E-state index is 13.5. The Bertz CT molecular complexity index is 1180. The number of aryl methyl sites for hydroxylation is 1. The van der Waals surface area contributed by atoms with Gasteiger partial charge in [-0.2, -0.15) is 0 Å². The molecule has 3 aromatic rings. The zero-order valence-electron chi connectivity index (χ0n) is 20.5. The van der Waals surface area contributed by atoms with E-state index in [1.807, 2.05) is 68.1 Å². The highest BCUT2D eigenvalue weighted by Gasteiger charge is 2.48. The Morgan fingerprint density at radius 3 is 2.24 bits per heavy atom. The second kappa shape index (κ2) is 9.59. The molecule has 5 nitrogen and oxygen atoms in total. The van der Waals surface area contributed by atoms with Crippen molar-refractivity contribution >= 4 is 22.6 Å². The van der Waals surface area contributed by atoms with Crippen LogP contribution in [0.3, 0.4) is 0 Å². The van der Waals surface area contributed by atoms with Crippen molar-refractivity contribution in [2.45, 2.75) is 58.2 Å². The van der Waals surface area contributed by atoms with Crippen molar-refractivity contribution in [1.29, 1.82) is 0 Å². The highest BCUT2D eigenvalue weighted by molar-refractivity contribution is 5.87. The van der Waals surface area contributed by atoms with Crippen LogP contribution in [0.25, 0.3) is 10.8 Å². The minimum absolute atomic E-state index is 0.0317. The molecule has 0 aliphatic carbocycles. The Labute approximate surface area is 202 Å². The third-order valence-corrected chi connectivity index (χ3v) is 6.90. The van der Waals surface area contributed by atoms with E-state index in [2.05, 4.69) is 31.2 Å². The molecule has 0 saturated carbocycles. The Morgan fingerprint density at radius 1 is 0.971 bits per heavy atom. The van der Waals surface area contributed by atoms with Crippen molar-refractivity contribution < 1.29 is 14.7 Å². The lowest BCUT2D eigenvalue weighted by molar-refractivity contribution is -0.162. The van der Waals surface area contributed by atoms with Gasteiger partial charge in [0.05, 0.1) is 12.6 Å². The summed E-state index contributed by atoms with van der Waals surface area (Å²) in [6.07, 6.45) is 1.67. The lowest BCUT2D eigenvalue weighted by Gasteiger charge is -2.50. The first-order chi connectivity index (χ1) is 16.2. The highest BCUT2D eigenvalue weighted by atomic mass is 16.4. The molecule has 0 aromatic heterocycles. The van der Waals surface area contributed by atoms with Crippen LogP contribution in [0.15, 0.2) is 66.7 Å². The van der Waals surface area contributed by atoms with Gasteiger partial charge >= 0.3 is 5.97 Å². The van der Waals surface area contributed by atoms with Crippen LogP contribution >= 0.6 is 0 Å². The van der Waals surface area contributed by atoms with Gasteiger partial charge in [0.15, 0.2) is 0 Å². The zero-order valence-corrected chi connectivity index (χ0v) is 20.5. The summed E-state index contributed by atoms with van der Waals surface area (Å²) < 4.78 is 0. The molecule has 1 fully saturated rings. The molecular weight excluding hydrogens is 424 g/mol. The Balaban J connectivity index is 1.74. The number of amides is 1. The van der Waals surface area contributed by atoms with Crippen molar-refractivity contribution in [3.05, 3.63) is 83.4 Å². The number of piperazine rings is 1. The molecule has 0 radical (unpaired) electrons. The van der Waals surface area contributed by atoms with Crippen molar-refractivity contribution in [3.63, 3.8) is 0 Å². The Kier molecular flexibility index (Phi) is 6.76. The van der Waals surface area contributed by atoms with Crippen LogP contribution in [0.1, 0.15) is 50.4 Å². The van der Waals surface area contributed by atoms with Crippen LogP contribution in [-0.4, -0.2) is 51.5 Å². The second-order valence-electron chi connectivity index (χ2n) is 10.1. The van der Waals surface area contributed by atoms with Crippen LogP contribution in [0.2, 0.25) is 0 Å². The van der Waals surface area contributed by atoms with Gasteiger partial charge in [0, 0.05) is 12.1 Å². The van der Waals surface area contributed by atoms with E-state index in [4.69, 9.17) is 0 Å². The number of carboxylic acid groups (broad SMARTS) is 1. The van der Waals surface area contributed by atoms with Crippen LogP contribution in [-0.2, 0) is 22.4 Å². The minimum Gasteiger partial charge on any atom is -0.480 e. The van der Waals surface area contributed by atoms with Gasteiger partial charge in [-0.1, -0.05) is 67.6 Å². The maximum atomic E-state index is 13.5. The van der Waals surface area contributed by atoms with E-state index in [0.717, 1.165) is 28.3 Å². The Hall–Kier alpha value is -3.18. The quantitative estimate of drug-likeness (QED) is 0.559. The van der Waals surface area contributed by atoms with Gasteiger partial charge < -0.3 is 10.0 Å². The topological polar surface area (TPSA) is 60.9 Å². The fraction of sp³-hybridized carbons (Fsp3) is 0.379. The summed E-state index contributed by atoms with van der Waals surface area (Å²) in [6, 6.07) is 21.1. The van der Waals surface area contributed by atoms with E-state index in [1.54, 1.807) is 4.90 Å². The van der Waals surface area contributed by atoms with E-state index in [9.17, 15) is 14.7 Å². The largest absolute Gasteiger partial charge is 0.480 e. The van der Waals surface area contributed by atoms with Crippen molar-refractivity contribution in [2.24, 2.45) is 0 Å². The molecule has 1 saturated heterocycles. The zero-order chi connectivity index (χ0) is 24.5. The molecule has 178 valence electrons. The average molecular weight is 459 g/mol. The minimum atomic E-state index is -0.905. The summed E-state index contributed by atoms with van der Waals surface area (Å²) in [5, 5.41) is 12.5. The van der Waals surface area contributed by atoms with Crippen molar-refractivity contribution in [3.8, 4) is 0 Å². The number of hydrogen-bond acceptors (Lipinski definition) is 3. The van der Waals surface area contributed by atoms with Gasteiger partial charge in [0.2, 0.25) is 5.91 Å². The standard InChI is InChI=1S/C29H34N2O3/c1-5-20-10-12-21(13-11-20)16-17-30-25(32)19-31(29(2,3)4)27(28(33)34)26(30)24-15-14-22-8-6-7-9-23(22)18-24/h6-15,18,26-27H,5,16-17,19H2,1-4H3,(H,33,34). The van der Waals surface area contributed by atoms with E-state index in [-0.39, 0.29) is 12.5 Å². The first kappa shape index (κ1) is 24.0. The van der Waals surface area contributed by atoms with Crippen molar-refractivity contribution in [2.75, 3.05) is 13.1 Å². The molecule has 1 amide bonds. The van der Waals surface area contributed by atoms with Gasteiger partial charge in [-0.25, -0.2) is 0 Å². The van der Waals surface area contributed by atoms with E-state index >= 15 is 0 Å². The van der Waals surface area contributed by atoms with Gasteiger partial charge in [-0.15, -0.1) is 0 Å². The number of carbonyl (C=O) groups excluding carboxylic acids is 1. The Morgan fingerprint density at radius 2 is 1.62 bits per heavy atom. The lowest BCUT2D eigenvalue weighted by atomic mass is 9.88. The van der Waals surface area contributed by atoms with E-state index in [1.165, 1.54) is 5.56 Å². The third kappa shape index (κ3) is 4.85. The van der Waals surface area contributed by atoms with Gasteiger partial charge in [-0.05, 0) is 67.1 Å². The smallest absolute Gasteiger partial charge is 0.323 e. The van der Waals surface area contributed by atoms with Crippen LogP contribution < -0.4 is 0 Å². The summed E-state index contributed by atoms with van der Waals surface area (Å²) in [5.41, 5.74) is 2.82. The number of fused-ring (bicyclic) bond motifs is 1. The number of aliphatic carboxylic acids is 1. The first-order valence-corrected chi connectivity index (χ1v) is 12.0. The number of carbonyl (C=O) groups is 2. The number of carboxylic acids is 1. The monoisotopic (exact) mass is 458 g/mol. The summed E-state index contributed by atoms with van der Waals surface area (Å²) in [7, 11) is 0.